The third kappa shape index (κ3) is 2.91. The van der Waals surface area contributed by atoms with Gasteiger partial charge in [0.1, 0.15) is 5.54 Å². The average molecular weight is 268 g/mol. The van der Waals surface area contributed by atoms with Gasteiger partial charge < -0.3 is 9.64 Å². The summed E-state index contributed by atoms with van der Waals surface area (Å²) in [6.45, 7) is 5.47. The fourth-order valence-corrected chi connectivity index (χ4v) is 2.94. The van der Waals surface area contributed by atoms with Gasteiger partial charge in [-0.2, -0.15) is 0 Å². The maximum absolute atomic E-state index is 11.8. The smallest absolute Gasteiger partial charge is 0.325 e. The predicted octanol–water partition coefficient (Wildman–Crippen LogP) is 1.02. The Morgan fingerprint density at radius 1 is 1.21 bits per heavy atom. The SMILES string of the molecule is COC(=O)C(C)(C)N1CCC(N(C=O)C2CC2)CC1. The van der Waals surface area contributed by atoms with Gasteiger partial charge in [0, 0.05) is 25.2 Å². The molecule has 5 nitrogen and oxygen atoms in total. The van der Waals surface area contributed by atoms with Crippen molar-refractivity contribution in [2.24, 2.45) is 0 Å². The molecule has 1 amide bonds. The minimum atomic E-state index is -0.578. The molecule has 0 aromatic carbocycles. The molecule has 1 aliphatic heterocycles. The molecule has 0 radical (unpaired) electrons. The van der Waals surface area contributed by atoms with Crippen LogP contribution in [0.5, 0.6) is 0 Å². The first-order valence-corrected chi connectivity index (χ1v) is 7.07. The van der Waals surface area contributed by atoms with Gasteiger partial charge in [-0.25, -0.2) is 0 Å². The Bertz CT molecular complexity index is 345. The highest BCUT2D eigenvalue weighted by Gasteiger charge is 2.40. The van der Waals surface area contributed by atoms with E-state index < -0.39 is 5.54 Å². The second-order valence-corrected chi connectivity index (χ2v) is 6.05. The van der Waals surface area contributed by atoms with Crippen molar-refractivity contribution < 1.29 is 14.3 Å². The first-order valence-electron chi connectivity index (χ1n) is 7.07. The van der Waals surface area contributed by atoms with Crippen molar-refractivity contribution in [3.63, 3.8) is 0 Å². The minimum Gasteiger partial charge on any atom is -0.468 e. The number of ether oxygens (including phenoxy) is 1. The van der Waals surface area contributed by atoms with Crippen LogP contribution >= 0.6 is 0 Å². The Morgan fingerprint density at radius 2 is 1.74 bits per heavy atom. The van der Waals surface area contributed by atoms with Gasteiger partial charge in [0.15, 0.2) is 0 Å². The van der Waals surface area contributed by atoms with Crippen molar-refractivity contribution in [1.29, 1.82) is 0 Å². The lowest BCUT2D eigenvalue weighted by atomic mass is 9.95. The Hall–Kier alpha value is -1.10. The molecular weight excluding hydrogens is 244 g/mol. The number of likely N-dealkylation sites (tertiary alicyclic amines) is 1. The van der Waals surface area contributed by atoms with Gasteiger partial charge in [-0.3, -0.25) is 14.5 Å². The van der Waals surface area contributed by atoms with Crippen LogP contribution in [0, 0.1) is 0 Å². The van der Waals surface area contributed by atoms with Crippen LogP contribution in [0.2, 0.25) is 0 Å². The van der Waals surface area contributed by atoms with Crippen LogP contribution in [0.1, 0.15) is 39.5 Å². The van der Waals surface area contributed by atoms with E-state index in [2.05, 4.69) is 4.90 Å². The maximum Gasteiger partial charge on any atom is 0.325 e. The quantitative estimate of drug-likeness (QED) is 0.552. The highest BCUT2D eigenvalue weighted by Crippen LogP contribution is 2.31. The van der Waals surface area contributed by atoms with Crippen molar-refractivity contribution in [3.8, 4) is 0 Å². The zero-order chi connectivity index (χ0) is 14.0. The molecular formula is C14H24N2O3. The Morgan fingerprint density at radius 3 is 2.16 bits per heavy atom. The summed E-state index contributed by atoms with van der Waals surface area (Å²) in [5.74, 6) is -0.194. The van der Waals surface area contributed by atoms with E-state index in [4.69, 9.17) is 4.74 Å². The van der Waals surface area contributed by atoms with Gasteiger partial charge >= 0.3 is 5.97 Å². The van der Waals surface area contributed by atoms with Crippen molar-refractivity contribution >= 4 is 12.4 Å². The number of hydrogen-bond donors (Lipinski definition) is 0. The van der Waals surface area contributed by atoms with Crippen LogP contribution in [0.25, 0.3) is 0 Å². The number of esters is 1. The normalized spacial score (nSPS) is 22.1. The molecule has 19 heavy (non-hydrogen) atoms. The van der Waals surface area contributed by atoms with Crippen LogP contribution in [-0.4, -0.2) is 60.0 Å². The van der Waals surface area contributed by atoms with Crippen LogP contribution in [0.4, 0.5) is 0 Å². The molecule has 2 fully saturated rings. The Balaban J connectivity index is 1.91. The van der Waals surface area contributed by atoms with E-state index in [0.29, 0.717) is 12.1 Å². The van der Waals surface area contributed by atoms with Crippen molar-refractivity contribution in [3.05, 3.63) is 0 Å². The molecule has 1 saturated carbocycles. The van der Waals surface area contributed by atoms with Crippen LogP contribution < -0.4 is 0 Å². The van der Waals surface area contributed by atoms with E-state index in [-0.39, 0.29) is 5.97 Å². The molecule has 0 aromatic heterocycles. The highest BCUT2D eigenvalue weighted by atomic mass is 16.5. The lowest BCUT2D eigenvalue weighted by Crippen LogP contribution is -2.56. The lowest BCUT2D eigenvalue weighted by Gasteiger charge is -2.43. The van der Waals surface area contributed by atoms with Gasteiger partial charge in [-0.05, 0) is 39.5 Å². The molecule has 0 atom stereocenters. The van der Waals surface area contributed by atoms with Gasteiger partial charge in [0.05, 0.1) is 7.11 Å². The van der Waals surface area contributed by atoms with Crippen LogP contribution in [-0.2, 0) is 14.3 Å². The maximum atomic E-state index is 11.8. The monoisotopic (exact) mass is 268 g/mol. The summed E-state index contributed by atoms with van der Waals surface area (Å²) < 4.78 is 4.86. The zero-order valence-corrected chi connectivity index (χ0v) is 12.1. The lowest BCUT2D eigenvalue weighted by molar-refractivity contribution is -0.154. The number of methoxy groups -OCH3 is 1. The fraction of sp³-hybridized carbons (Fsp3) is 0.857. The number of amides is 1. The molecule has 0 N–H and O–H groups in total. The van der Waals surface area contributed by atoms with Gasteiger partial charge in [0.25, 0.3) is 0 Å². The standard InChI is InChI=1S/C14H24N2O3/c1-14(2,13(18)19-3)15-8-6-12(7-9-15)16(10-17)11-4-5-11/h10-12H,4-9H2,1-3H3. The molecule has 1 saturated heterocycles. The van der Waals surface area contributed by atoms with E-state index in [9.17, 15) is 9.59 Å². The third-order valence-electron chi connectivity index (χ3n) is 4.45. The molecule has 108 valence electrons. The highest BCUT2D eigenvalue weighted by molar-refractivity contribution is 5.79. The van der Waals surface area contributed by atoms with E-state index in [1.807, 2.05) is 18.7 Å². The van der Waals surface area contributed by atoms with E-state index in [1.54, 1.807) is 0 Å². The number of hydrogen-bond acceptors (Lipinski definition) is 4. The zero-order valence-electron chi connectivity index (χ0n) is 12.1. The average Bonchev–Trinajstić information content (AvgIpc) is 3.24. The number of carbonyl (C=O) groups excluding carboxylic acids is 2. The largest absolute Gasteiger partial charge is 0.468 e. The Kier molecular flexibility index (Phi) is 4.13. The summed E-state index contributed by atoms with van der Waals surface area (Å²) in [6.07, 6.45) is 5.17. The van der Waals surface area contributed by atoms with Gasteiger partial charge in [-0.15, -0.1) is 0 Å². The van der Waals surface area contributed by atoms with Gasteiger partial charge in [0.2, 0.25) is 6.41 Å². The third-order valence-corrected chi connectivity index (χ3v) is 4.45. The number of rotatable bonds is 5. The molecule has 2 rings (SSSR count). The predicted molar refractivity (Wildman–Crippen MR) is 71.6 cm³/mol. The summed E-state index contributed by atoms with van der Waals surface area (Å²) in [5.41, 5.74) is -0.578. The van der Waals surface area contributed by atoms with Crippen LogP contribution in [0.3, 0.4) is 0 Å². The number of nitrogens with zero attached hydrogens (tertiary/aromatic N) is 2. The van der Waals surface area contributed by atoms with E-state index in [1.165, 1.54) is 7.11 Å². The van der Waals surface area contributed by atoms with Crippen molar-refractivity contribution in [1.82, 2.24) is 9.80 Å². The second kappa shape index (κ2) is 5.49. The summed E-state index contributed by atoms with van der Waals surface area (Å²) in [4.78, 5) is 27.1. The first-order chi connectivity index (χ1) is 9.00. The summed E-state index contributed by atoms with van der Waals surface area (Å²) >= 11 is 0. The fourth-order valence-electron chi connectivity index (χ4n) is 2.94. The number of carbonyl (C=O) groups is 2. The molecule has 1 heterocycles. The van der Waals surface area contributed by atoms with E-state index >= 15 is 0 Å². The summed E-state index contributed by atoms with van der Waals surface area (Å²) in [7, 11) is 1.43. The minimum absolute atomic E-state index is 0.194. The molecule has 1 aliphatic carbocycles. The molecule has 0 bridgehead atoms. The topological polar surface area (TPSA) is 49.9 Å². The summed E-state index contributed by atoms with van der Waals surface area (Å²) in [5, 5.41) is 0. The van der Waals surface area contributed by atoms with E-state index in [0.717, 1.165) is 45.2 Å². The van der Waals surface area contributed by atoms with Gasteiger partial charge in [-0.1, -0.05) is 0 Å². The van der Waals surface area contributed by atoms with Crippen LogP contribution in [0.15, 0.2) is 0 Å². The molecule has 2 aliphatic rings. The molecule has 0 unspecified atom stereocenters. The van der Waals surface area contributed by atoms with Crippen molar-refractivity contribution in [2.75, 3.05) is 20.2 Å². The molecule has 0 aromatic rings. The first kappa shape index (κ1) is 14.3. The molecule has 0 spiro atoms. The molecule has 5 heteroatoms. The second-order valence-electron chi connectivity index (χ2n) is 6.05. The summed E-state index contributed by atoms with van der Waals surface area (Å²) in [6, 6.07) is 0.817. The van der Waals surface area contributed by atoms with Crippen molar-refractivity contribution in [2.45, 2.75) is 57.2 Å². The Labute approximate surface area is 114 Å². The number of piperidine rings is 1.